The van der Waals surface area contributed by atoms with Crippen molar-refractivity contribution in [1.29, 1.82) is 0 Å². The first-order valence-electron chi connectivity index (χ1n) is 8.82. The minimum Gasteiger partial charge on any atom is -0.477 e. The molecule has 1 fully saturated rings. The number of aliphatic imine (C=N–C) groups is 1. The summed E-state index contributed by atoms with van der Waals surface area (Å²) in [5, 5.41) is 23.7. The van der Waals surface area contributed by atoms with Gasteiger partial charge in [-0.05, 0) is 16.0 Å². The molecule has 30 heavy (non-hydrogen) atoms. The van der Waals surface area contributed by atoms with E-state index in [0.717, 1.165) is 0 Å². The van der Waals surface area contributed by atoms with Gasteiger partial charge >= 0.3 is 5.97 Å². The van der Waals surface area contributed by atoms with Gasteiger partial charge in [0.05, 0.1) is 6.42 Å². The second-order valence-corrected chi connectivity index (χ2v) is 9.81. The second-order valence-electron chi connectivity index (χ2n) is 6.66. The van der Waals surface area contributed by atoms with E-state index in [1.807, 2.05) is 0 Å². The lowest BCUT2D eigenvalue weighted by Crippen LogP contribution is -2.70. The van der Waals surface area contributed by atoms with Crippen LogP contribution in [0.2, 0.25) is 0 Å². The highest BCUT2D eigenvalue weighted by Crippen LogP contribution is 2.41. The Morgan fingerprint density at radius 1 is 1.37 bits per heavy atom. The number of thioether (sulfide) groups is 3. The van der Waals surface area contributed by atoms with Crippen LogP contribution in [0.3, 0.4) is 0 Å². The lowest BCUT2D eigenvalue weighted by atomic mass is 10.0. The summed E-state index contributed by atoms with van der Waals surface area (Å²) < 4.78 is 1.49. The third kappa shape index (κ3) is 4.06. The zero-order valence-electron chi connectivity index (χ0n) is 15.7. The summed E-state index contributed by atoms with van der Waals surface area (Å²) in [6, 6.07) is -0.752. The first kappa shape index (κ1) is 21.1. The van der Waals surface area contributed by atoms with E-state index in [2.05, 4.69) is 25.8 Å². The summed E-state index contributed by atoms with van der Waals surface area (Å²) in [4.78, 5) is 42.3. The minimum absolute atomic E-state index is 0.0283. The van der Waals surface area contributed by atoms with Gasteiger partial charge in [-0.25, -0.2) is 9.48 Å². The number of nitrogens with zero attached hydrogens (tertiary/aromatic N) is 6. The molecule has 1 aromatic heterocycles. The van der Waals surface area contributed by atoms with Gasteiger partial charge in [0, 0.05) is 30.0 Å². The summed E-state index contributed by atoms with van der Waals surface area (Å²) in [6.45, 7) is 0. The molecule has 1 saturated heterocycles. The van der Waals surface area contributed by atoms with Crippen molar-refractivity contribution in [1.82, 2.24) is 30.4 Å². The average Bonchev–Trinajstić information content (AvgIpc) is 3.31. The SMILES string of the molecule is Cn1nnnc1SCC1=C(C(=O)O)N2C(=O)C(NC(=O)CC3=NC(N)SC3)[C@@H]2SC1. The van der Waals surface area contributed by atoms with Crippen LogP contribution in [-0.2, 0) is 21.4 Å². The Kier molecular flexibility index (Phi) is 6.04. The molecule has 160 valence electrons. The second kappa shape index (κ2) is 8.56. The van der Waals surface area contributed by atoms with Crippen LogP contribution >= 0.6 is 35.3 Å². The molecule has 4 heterocycles. The Morgan fingerprint density at radius 2 is 2.17 bits per heavy atom. The molecule has 0 radical (unpaired) electrons. The summed E-state index contributed by atoms with van der Waals surface area (Å²) in [5.41, 5.74) is 6.60. The van der Waals surface area contributed by atoms with Gasteiger partial charge < -0.3 is 16.2 Å². The number of nitrogens with two attached hydrogens (primary N) is 1. The molecule has 1 aromatic rings. The molecule has 12 nitrogen and oxygen atoms in total. The van der Waals surface area contributed by atoms with E-state index in [1.165, 1.54) is 44.9 Å². The number of hydrogen-bond acceptors (Lipinski definition) is 11. The number of aryl methyl sites for hydroxylation is 1. The predicted molar refractivity (Wildman–Crippen MR) is 112 cm³/mol. The number of aromatic nitrogens is 4. The van der Waals surface area contributed by atoms with Gasteiger partial charge in [-0.1, -0.05) is 11.8 Å². The molecule has 0 bridgehead atoms. The monoisotopic (exact) mass is 470 g/mol. The third-order valence-corrected chi connectivity index (χ3v) is 8.00. The fourth-order valence-corrected chi connectivity index (χ4v) is 6.33. The summed E-state index contributed by atoms with van der Waals surface area (Å²) in [7, 11) is 1.69. The molecule has 0 saturated carbocycles. The number of β-lactam (4-membered cyclic amide) rings is 1. The fourth-order valence-electron chi connectivity index (χ4n) is 3.23. The number of carbonyl (C=O) groups excluding carboxylic acids is 2. The van der Waals surface area contributed by atoms with Crippen molar-refractivity contribution in [3.8, 4) is 0 Å². The van der Waals surface area contributed by atoms with E-state index in [0.29, 0.717) is 33.7 Å². The van der Waals surface area contributed by atoms with Crippen molar-refractivity contribution in [2.45, 2.75) is 28.5 Å². The number of tetrazole rings is 1. The number of nitrogens with one attached hydrogen (secondary N) is 1. The molecule has 15 heteroatoms. The minimum atomic E-state index is -1.17. The Bertz CT molecular complexity index is 963. The van der Waals surface area contributed by atoms with Gasteiger partial charge in [-0.3, -0.25) is 19.5 Å². The van der Waals surface area contributed by atoms with Gasteiger partial charge in [0.15, 0.2) is 0 Å². The Hall–Kier alpha value is -2.10. The van der Waals surface area contributed by atoms with Crippen LogP contribution in [0.5, 0.6) is 0 Å². The standard InChI is InChI=1S/C15H18N8O4S3/c1-22-15(19-20-21-22)30-4-6-3-28-12-9(11(25)23(12)10(6)13(26)27)18-8(24)2-7-5-29-14(16)17-7/h9,12,14H,2-5,16H2,1H3,(H,18,24)(H,26,27)/t9?,12-,14?/m0/s1. The van der Waals surface area contributed by atoms with Crippen LogP contribution in [0.1, 0.15) is 6.42 Å². The van der Waals surface area contributed by atoms with Crippen molar-refractivity contribution in [3.05, 3.63) is 11.3 Å². The zero-order chi connectivity index (χ0) is 21.4. The Morgan fingerprint density at radius 3 is 2.80 bits per heavy atom. The molecule has 4 N–H and O–H groups in total. The Balaban J connectivity index is 1.42. The lowest BCUT2D eigenvalue weighted by Gasteiger charge is -2.49. The normalized spacial score (nSPS) is 25.7. The van der Waals surface area contributed by atoms with Crippen molar-refractivity contribution in [3.63, 3.8) is 0 Å². The molecule has 4 rings (SSSR count). The van der Waals surface area contributed by atoms with Gasteiger partial charge in [-0.2, -0.15) is 0 Å². The quantitative estimate of drug-likeness (QED) is 0.325. The summed E-state index contributed by atoms with van der Waals surface area (Å²) in [6.07, 6.45) is 0.0805. The van der Waals surface area contributed by atoms with E-state index in [4.69, 9.17) is 5.73 Å². The molecular weight excluding hydrogens is 452 g/mol. The Labute approximate surface area is 183 Å². The van der Waals surface area contributed by atoms with Gasteiger partial charge in [0.25, 0.3) is 5.91 Å². The number of carboxylic acid groups (broad SMARTS) is 1. The van der Waals surface area contributed by atoms with Crippen LogP contribution < -0.4 is 11.1 Å². The first-order chi connectivity index (χ1) is 14.3. The summed E-state index contributed by atoms with van der Waals surface area (Å²) >= 11 is 4.16. The maximum atomic E-state index is 12.7. The maximum Gasteiger partial charge on any atom is 0.352 e. The van der Waals surface area contributed by atoms with Crippen molar-refractivity contribution in [2.24, 2.45) is 17.8 Å². The van der Waals surface area contributed by atoms with Gasteiger partial charge in [-0.15, -0.1) is 28.6 Å². The zero-order valence-corrected chi connectivity index (χ0v) is 18.2. The van der Waals surface area contributed by atoms with Crippen LogP contribution in [0, 0.1) is 0 Å². The first-order valence-corrected chi connectivity index (χ1v) is 11.9. The highest BCUT2D eigenvalue weighted by atomic mass is 32.2. The largest absolute Gasteiger partial charge is 0.477 e. The summed E-state index contributed by atoms with van der Waals surface area (Å²) in [5.74, 6) is -0.561. The number of amides is 2. The van der Waals surface area contributed by atoms with Crippen LogP contribution in [0.25, 0.3) is 0 Å². The van der Waals surface area contributed by atoms with Crippen LogP contribution in [-0.4, -0.2) is 87.9 Å². The average molecular weight is 471 g/mol. The van der Waals surface area contributed by atoms with Crippen LogP contribution in [0.4, 0.5) is 0 Å². The lowest BCUT2D eigenvalue weighted by molar-refractivity contribution is -0.150. The van der Waals surface area contributed by atoms with E-state index in [1.54, 1.807) is 7.05 Å². The van der Waals surface area contributed by atoms with E-state index in [-0.39, 0.29) is 23.5 Å². The highest BCUT2D eigenvalue weighted by molar-refractivity contribution is 8.01. The van der Waals surface area contributed by atoms with E-state index in [9.17, 15) is 19.5 Å². The number of fused-ring (bicyclic) bond motifs is 1. The van der Waals surface area contributed by atoms with Gasteiger partial charge in [0.2, 0.25) is 11.1 Å². The topological polar surface area (TPSA) is 169 Å². The number of rotatable bonds is 7. The highest BCUT2D eigenvalue weighted by Gasteiger charge is 2.54. The molecule has 0 spiro atoms. The number of carboxylic acids is 1. The molecule has 0 aliphatic carbocycles. The number of carbonyl (C=O) groups is 3. The maximum absolute atomic E-state index is 12.7. The van der Waals surface area contributed by atoms with Crippen molar-refractivity contribution in [2.75, 3.05) is 17.3 Å². The molecular formula is C15H18N8O4S3. The predicted octanol–water partition coefficient (Wildman–Crippen LogP) is -1.14. The molecule has 0 aromatic carbocycles. The smallest absolute Gasteiger partial charge is 0.352 e. The number of hydrogen-bond donors (Lipinski definition) is 3. The molecule has 3 aliphatic rings. The number of aliphatic carboxylic acids is 1. The van der Waals surface area contributed by atoms with E-state index >= 15 is 0 Å². The molecule has 3 aliphatic heterocycles. The molecule has 2 unspecified atom stereocenters. The molecule has 3 atom stereocenters. The molecule has 2 amide bonds. The van der Waals surface area contributed by atoms with E-state index < -0.39 is 23.3 Å². The van der Waals surface area contributed by atoms with Crippen molar-refractivity contribution < 1.29 is 19.5 Å². The third-order valence-electron chi connectivity index (χ3n) is 4.62. The van der Waals surface area contributed by atoms with Gasteiger partial charge in [0.1, 0.15) is 22.6 Å². The van der Waals surface area contributed by atoms with Crippen LogP contribution in [0.15, 0.2) is 21.4 Å². The fraction of sp³-hybridized carbons (Fsp3) is 0.533. The van der Waals surface area contributed by atoms with Crippen molar-refractivity contribution >= 4 is 58.8 Å².